The molecule has 1 N–H and O–H groups in total. The molecule has 0 aliphatic heterocycles. The number of hydrogen-bond donors (Lipinski definition) is 1. The van der Waals surface area contributed by atoms with Crippen molar-refractivity contribution in [1.82, 2.24) is 14.7 Å². The smallest absolute Gasteiger partial charge is 0.313 e. The maximum Gasteiger partial charge on any atom is 0.313 e. The van der Waals surface area contributed by atoms with E-state index in [9.17, 15) is 4.79 Å². The van der Waals surface area contributed by atoms with Gasteiger partial charge >= 0.3 is 5.97 Å². The molecule has 0 spiro atoms. The third-order valence-corrected chi connectivity index (χ3v) is 3.50. The molecule has 2 rings (SSSR count). The Hall–Kier alpha value is -1.76. The van der Waals surface area contributed by atoms with Crippen LogP contribution in [0.15, 0.2) is 22.1 Å². The summed E-state index contributed by atoms with van der Waals surface area (Å²) in [5.74, 6) is -0.0826. The number of carboxylic acids is 1. The molecule has 0 aliphatic rings. The van der Waals surface area contributed by atoms with Gasteiger partial charge in [-0.3, -0.25) is 4.79 Å². The Morgan fingerprint density at radius 3 is 2.94 bits per heavy atom. The minimum absolute atomic E-state index is 0.00137. The lowest BCUT2D eigenvalue weighted by atomic mass is 10.2. The van der Waals surface area contributed by atoms with Crippen LogP contribution in [0.3, 0.4) is 0 Å². The van der Waals surface area contributed by atoms with E-state index in [0.29, 0.717) is 11.7 Å². The summed E-state index contributed by atoms with van der Waals surface area (Å²) in [7, 11) is 0. The molecule has 0 saturated carbocycles. The highest BCUT2D eigenvalue weighted by Crippen LogP contribution is 2.19. The summed E-state index contributed by atoms with van der Waals surface area (Å²) in [6.07, 6.45) is 3.47. The number of aliphatic carboxylic acids is 1. The van der Waals surface area contributed by atoms with Gasteiger partial charge in [-0.05, 0) is 13.8 Å². The average molecular weight is 267 g/mol. The second-order valence-corrected chi connectivity index (χ2v) is 4.77. The Kier molecular flexibility index (Phi) is 3.71. The first-order valence-electron chi connectivity index (χ1n) is 5.35. The fraction of sp³-hybridized carbons (Fsp3) is 0.364. The number of aryl methyl sites for hydroxylation is 2. The van der Waals surface area contributed by atoms with Crippen molar-refractivity contribution in [1.29, 1.82) is 0 Å². The highest BCUT2D eigenvalue weighted by molar-refractivity contribution is 7.99. The SMILES string of the molecule is Cc1noc(C)c1Cn1ccnc1SCC(=O)O. The van der Waals surface area contributed by atoms with Crippen molar-refractivity contribution < 1.29 is 14.4 Å². The normalized spacial score (nSPS) is 10.8. The van der Waals surface area contributed by atoms with Gasteiger partial charge in [0, 0.05) is 18.0 Å². The second-order valence-electron chi connectivity index (χ2n) is 3.82. The molecule has 96 valence electrons. The zero-order chi connectivity index (χ0) is 13.1. The first-order chi connectivity index (χ1) is 8.58. The lowest BCUT2D eigenvalue weighted by Crippen LogP contribution is -2.04. The van der Waals surface area contributed by atoms with E-state index in [1.807, 2.05) is 24.6 Å². The number of imidazole rings is 1. The van der Waals surface area contributed by atoms with Gasteiger partial charge in [0.15, 0.2) is 5.16 Å². The Balaban J connectivity index is 2.15. The van der Waals surface area contributed by atoms with Crippen LogP contribution in [0.4, 0.5) is 0 Å². The van der Waals surface area contributed by atoms with Crippen molar-refractivity contribution in [2.75, 3.05) is 5.75 Å². The summed E-state index contributed by atoms with van der Waals surface area (Å²) in [5.41, 5.74) is 1.85. The maximum atomic E-state index is 10.5. The lowest BCUT2D eigenvalue weighted by molar-refractivity contribution is -0.133. The van der Waals surface area contributed by atoms with Crippen LogP contribution in [0.2, 0.25) is 0 Å². The van der Waals surface area contributed by atoms with Crippen molar-refractivity contribution in [3.8, 4) is 0 Å². The largest absolute Gasteiger partial charge is 0.481 e. The zero-order valence-corrected chi connectivity index (χ0v) is 10.9. The van der Waals surface area contributed by atoms with Crippen molar-refractivity contribution >= 4 is 17.7 Å². The summed E-state index contributed by atoms with van der Waals surface area (Å²) in [6, 6.07) is 0. The number of thioether (sulfide) groups is 1. The summed E-state index contributed by atoms with van der Waals surface area (Å²) in [4.78, 5) is 14.7. The van der Waals surface area contributed by atoms with E-state index in [0.717, 1.165) is 17.0 Å². The quantitative estimate of drug-likeness (QED) is 0.831. The number of carboxylic acid groups (broad SMARTS) is 1. The maximum absolute atomic E-state index is 10.5. The van der Waals surface area contributed by atoms with Gasteiger partial charge in [-0.2, -0.15) is 0 Å². The highest BCUT2D eigenvalue weighted by atomic mass is 32.2. The molecule has 0 radical (unpaired) electrons. The fourth-order valence-electron chi connectivity index (χ4n) is 1.58. The molecule has 2 heterocycles. The predicted molar refractivity (Wildman–Crippen MR) is 65.7 cm³/mol. The molecule has 7 heteroatoms. The van der Waals surface area contributed by atoms with Gasteiger partial charge in [0.2, 0.25) is 0 Å². The summed E-state index contributed by atoms with van der Waals surface area (Å²) >= 11 is 1.20. The van der Waals surface area contributed by atoms with Crippen LogP contribution in [-0.2, 0) is 11.3 Å². The van der Waals surface area contributed by atoms with Gasteiger partial charge < -0.3 is 14.2 Å². The van der Waals surface area contributed by atoms with Gasteiger partial charge in [0.1, 0.15) is 5.76 Å². The van der Waals surface area contributed by atoms with E-state index in [1.54, 1.807) is 6.20 Å². The molecule has 0 fully saturated rings. The molecule has 2 aromatic heterocycles. The van der Waals surface area contributed by atoms with Crippen LogP contribution in [0, 0.1) is 13.8 Å². The monoisotopic (exact) mass is 267 g/mol. The first kappa shape index (κ1) is 12.7. The molecular weight excluding hydrogens is 254 g/mol. The van der Waals surface area contributed by atoms with Gasteiger partial charge in [0.05, 0.1) is 18.0 Å². The van der Waals surface area contributed by atoms with Gasteiger partial charge in [-0.1, -0.05) is 16.9 Å². The minimum Gasteiger partial charge on any atom is -0.481 e. The van der Waals surface area contributed by atoms with Gasteiger partial charge in [-0.25, -0.2) is 4.98 Å². The van der Waals surface area contributed by atoms with Crippen LogP contribution >= 0.6 is 11.8 Å². The van der Waals surface area contributed by atoms with Crippen LogP contribution in [0.25, 0.3) is 0 Å². The summed E-state index contributed by atoms with van der Waals surface area (Å²) < 4.78 is 6.99. The molecular formula is C11H13N3O3S. The Morgan fingerprint density at radius 1 is 1.56 bits per heavy atom. The number of hydrogen-bond acceptors (Lipinski definition) is 5. The van der Waals surface area contributed by atoms with E-state index in [1.165, 1.54) is 11.8 Å². The number of rotatable bonds is 5. The molecule has 0 amide bonds. The van der Waals surface area contributed by atoms with E-state index < -0.39 is 5.97 Å². The topological polar surface area (TPSA) is 81.2 Å². The van der Waals surface area contributed by atoms with Crippen LogP contribution in [0.1, 0.15) is 17.0 Å². The average Bonchev–Trinajstić information content (AvgIpc) is 2.88. The van der Waals surface area contributed by atoms with Crippen LogP contribution in [-0.4, -0.2) is 31.5 Å². The first-order valence-corrected chi connectivity index (χ1v) is 6.34. The van der Waals surface area contributed by atoms with Crippen molar-refractivity contribution in [2.24, 2.45) is 0 Å². The number of aromatic nitrogens is 3. The molecule has 0 aromatic carbocycles. The lowest BCUT2D eigenvalue weighted by Gasteiger charge is -2.06. The molecule has 2 aromatic rings. The fourth-order valence-corrected chi connectivity index (χ4v) is 2.26. The number of nitrogens with zero attached hydrogens (tertiary/aromatic N) is 3. The molecule has 6 nitrogen and oxygen atoms in total. The molecule has 0 saturated heterocycles. The Morgan fingerprint density at radius 2 is 2.33 bits per heavy atom. The third-order valence-electron chi connectivity index (χ3n) is 2.51. The zero-order valence-electron chi connectivity index (χ0n) is 10.1. The van der Waals surface area contributed by atoms with Crippen molar-refractivity contribution in [2.45, 2.75) is 25.5 Å². The van der Waals surface area contributed by atoms with Crippen molar-refractivity contribution in [3.05, 3.63) is 29.4 Å². The standard InChI is InChI=1S/C11H13N3O3S/c1-7-9(8(2)17-13-7)5-14-4-3-12-11(14)18-6-10(15)16/h3-4H,5-6H2,1-2H3,(H,15,16). The van der Waals surface area contributed by atoms with Crippen LogP contribution < -0.4 is 0 Å². The second kappa shape index (κ2) is 5.26. The van der Waals surface area contributed by atoms with Crippen LogP contribution in [0.5, 0.6) is 0 Å². The minimum atomic E-state index is -0.855. The molecule has 0 atom stereocenters. The van der Waals surface area contributed by atoms with E-state index in [-0.39, 0.29) is 5.75 Å². The van der Waals surface area contributed by atoms with E-state index in [2.05, 4.69) is 10.1 Å². The third kappa shape index (κ3) is 2.73. The van der Waals surface area contributed by atoms with E-state index >= 15 is 0 Å². The van der Waals surface area contributed by atoms with Crippen molar-refractivity contribution in [3.63, 3.8) is 0 Å². The Labute approximate surface area is 108 Å². The summed E-state index contributed by atoms with van der Waals surface area (Å²) in [5, 5.41) is 13.2. The van der Waals surface area contributed by atoms with Gasteiger partial charge in [-0.15, -0.1) is 0 Å². The molecule has 0 bridgehead atoms. The highest BCUT2D eigenvalue weighted by Gasteiger charge is 2.12. The molecule has 0 unspecified atom stereocenters. The molecule has 0 aliphatic carbocycles. The number of carbonyl (C=O) groups is 1. The summed E-state index contributed by atoms with van der Waals surface area (Å²) in [6.45, 7) is 4.33. The Bertz CT molecular complexity index is 542. The van der Waals surface area contributed by atoms with E-state index in [4.69, 9.17) is 9.63 Å². The predicted octanol–water partition coefficient (Wildman–Crippen LogP) is 1.71. The van der Waals surface area contributed by atoms with Gasteiger partial charge in [0.25, 0.3) is 0 Å². The molecule has 18 heavy (non-hydrogen) atoms.